The van der Waals surface area contributed by atoms with Crippen LogP contribution in [0.25, 0.3) is 0 Å². The smallest absolute Gasteiger partial charge is 0.424 e. The first-order valence-corrected chi connectivity index (χ1v) is 11.6. The highest BCUT2D eigenvalue weighted by Gasteiger charge is 2.27. The molecule has 4 rings (SSSR count). The number of hydrogen-bond acceptors (Lipinski definition) is 7. The Kier molecular flexibility index (Phi) is 9.98. The molecule has 0 spiro atoms. The summed E-state index contributed by atoms with van der Waals surface area (Å²) in [5.41, 5.74) is 1.35. The molecule has 0 aliphatic rings. The molecule has 3 aromatic carbocycles. The van der Waals surface area contributed by atoms with Gasteiger partial charge in [0.2, 0.25) is 0 Å². The lowest BCUT2D eigenvalue weighted by Gasteiger charge is -2.20. The van der Waals surface area contributed by atoms with E-state index >= 15 is 0 Å². The predicted molar refractivity (Wildman–Crippen MR) is 138 cm³/mol. The van der Waals surface area contributed by atoms with Crippen molar-refractivity contribution in [2.45, 2.75) is 27.1 Å². The van der Waals surface area contributed by atoms with Crippen LogP contribution in [0.1, 0.15) is 25.0 Å². The van der Waals surface area contributed by atoms with E-state index in [1.54, 1.807) is 36.4 Å². The zero-order chi connectivity index (χ0) is 26.5. The Labute approximate surface area is 214 Å². The van der Waals surface area contributed by atoms with Crippen LogP contribution in [-0.4, -0.2) is 22.4 Å². The van der Waals surface area contributed by atoms with Gasteiger partial charge < -0.3 is 14.2 Å². The van der Waals surface area contributed by atoms with Crippen molar-refractivity contribution in [2.75, 3.05) is 4.90 Å². The first kappa shape index (κ1) is 26.7. The van der Waals surface area contributed by atoms with Crippen LogP contribution >= 0.6 is 0 Å². The lowest BCUT2D eigenvalue weighted by atomic mass is 10.2. The van der Waals surface area contributed by atoms with Crippen LogP contribution in [0.3, 0.4) is 0 Å². The summed E-state index contributed by atoms with van der Waals surface area (Å²) in [6.45, 7) is 3.97. The van der Waals surface area contributed by atoms with Crippen LogP contribution in [0.15, 0.2) is 102 Å². The van der Waals surface area contributed by atoms with Gasteiger partial charge in [-0.1, -0.05) is 74.5 Å². The van der Waals surface area contributed by atoms with E-state index in [2.05, 4.69) is 10.2 Å². The highest BCUT2D eigenvalue weighted by Crippen LogP contribution is 2.25. The van der Waals surface area contributed by atoms with Gasteiger partial charge in [0.15, 0.2) is 5.75 Å². The number of rotatable bonds is 7. The Balaban J connectivity index is 0.00000186. The summed E-state index contributed by atoms with van der Waals surface area (Å²) in [5.74, 6) is 0.610. The molecule has 1 aromatic heterocycles. The first-order valence-electron chi connectivity index (χ1n) is 11.6. The van der Waals surface area contributed by atoms with Crippen molar-refractivity contribution in [3.63, 3.8) is 0 Å². The van der Waals surface area contributed by atoms with Crippen molar-refractivity contribution in [2.24, 2.45) is 0 Å². The number of H-pyrrole nitrogens is 1. The number of hydrogen-bond donors (Lipinski definition) is 1. The summed E-state index contributed by atoms with van der Waals surface area (Å²) in [7, 11) is 0. The Bertz CT molecular complexity index is 1270. The van der Waals surface area contributed by atoms with Crippen LogP contribution < -0.4 is 15.2 Å². The van der Waals surface area contributed by atoms with Gasteiger partial charge in [-0.15, -0.1) is 0 Å². The molecule has 1 N–H and O–H groups in total. The number of amides is 2. The molecular formula is C28H27N3O6. The van der Waals surface area contributed by atoms with E-state index in [4.69, 9.17) is 14.2 Å². The van der Waals surface area contributed by atoms with Gasteiger partial charge >= 0.3 is 12.2 Å². The molecule has 9 nitrogen and oxygen atoms in total. The normalized spacial score (nSPS) is 9.89. The number of carbonyl (C=O) groups excluding carboxylic acids is 2. The number of nitrogens with zero attached hydrogens (tertiary/aromatic N) is 2. The van der Waals surface area contributed by atoms with Crippen LogP contribution in [0.4, 0.5) is 15.3 Å². The molecule has 0 fully saturated rings. The van der Waals surface area contributed by atoms with E-state index in [1.165, 1.54) is 24.4 Å². The summed E-state index contributed by atoms with van der Waals surface area (Å²) in [6, 6.07) is 25.6. The molecule has 0 aliphatic heterocycles. The van der Waals surface area contributed by atoms with Gasteiger partial charge in [-0.05, 0) is 35.4 Å². The van der Waals surface area contributed by atoms with Crippen molar-refractivity contribution in [3.05, 3.63) is 119 Å². The number of nitrogens with one attached hydrogen (secondary N) is 1. The molecule has 0 atom stereocenters. The zero-order valence-electron chi connectivity index (χ0n) is 20.5. The molecule has 1 heterocycles. The third-order valence-electron chi connectivity index (χ3n) is 4.75. The summed E-state index contributed by atoms with van der Waals surface area (Å²) < 4.78 is 16.3. The number of ether oxygens (including phenoxy) is 3. The predicted octanol–water partition coefficient (Wildman–Crippen LogP) is 6.07. The lowest BCUT2D eigenvalue weighted by molar-refractivity contribution is 0.127. The molecule has 0 unspecified atom stereocenters. The average Bonchev–Trinajstić information content (AvgIpc) is 2.94. The van der Waals surface area contributed by atoms with Gasteiger partial charge in [-0.3, -0.25) is 4.79 Å². The average molecular weight is 502 g/mol. The van der Waals surface area contributed by atoms with E-state index in [-0.39, 0.29) is 24.7 Å². The maximum atomic E-state index is 12.9. The molecule has 37 heavy (non-hydrogen) atoms. The van der Waals surface area contributed by atoms with Crippen molar-refractivity contribution >= 4 is 17.9 Å². The third-order valence-corrected chi connectivity index (χ3v) is 4.75. The van der Waals surface area contributed by atoms with Crippen molar-refractivity contribution in [1.29, 1.82) is 0 Å². The van der Waals surface area contributed by atoms with Crippen molar-refractivity contribution in [3.8, 4) is 11.5 Å². The molecule has 0 saturated heterocycles. The molecule has 190 valence electrons. The molecular weight excluding hydrogens is 474 g/mol. The van der Waals surface area contributed by atoms with E-state index in [0.29, 0.717) is 5.75 Å². The Morgan fingerprint density at radius 2 is 1.27 bits per heavy atom. The standard InChI is InChI=1S/C26H21N3O6.C2H6/c30-24-15-23(16-27-28-24)35-22-13-11-21(12-14-22)29(25(31)33-17-19-7-3-1-4-8-19)26(32)34-18-20-9-5-2-6-10-20;1-2/h1-16H,17-18H2,(H,28,30);1-2H3. The third kappa shape index (κ3) is 8.07. The van der Waals surface area contributed by atoms with Gasteiger partial charge in [0.1, 0.15) is 19.0 Å². The molecule has 0 saturated carbocycles. The number of anilines is 1. The Hall–Kier alpha value is -4.92. The van der Waals surface area contributed by atoms with Crippen LogP contribution in [-0.2, 0) is 22.7 Å². The van der Waals surface area contributed by atoms with Crippen LogP contribution in [0.2, 0.25) is 0 Å². The first-order chi connectivity index (χ1) is 18.1. The molecule has 0 aliphatic carbocycles. The molecule has 9 heteroatoms. The largest absolute Gasteiger partial charge is 0.455 e. The van der Waals surface area contributed by atoms with E-state index in [9.17, 15) is 14.4 Å². The van der Waals surface area contributed by atoms with Gasteiger partial charge in [-0.2, -0.15) is 10.00 Å². The van der Waals surface area contributed by atoms with Gasteiger partial charge in [-0.25, -0.2) is 14.7 Å². The number of benzene rings is 3. The SMILES string of the molecule is CC.O=C(OCc1ccccc1)N(C(=O)OCc1ccccc1)c1ccc(Oc2cn[nH]c(=O)c2)cc1. The second-order valence-corrected chi connectivity index (χ2v) is 7.29. The molecule has 4 aromatic rings. The van der Waals surface area contributed by atoms with Crippen molar-refractivity contribution in [1.82, 2.24) is 10.2 Å². The number of imide groups is 1. The monoisotopic (exact) mass is 501 g/mol. The fourth-order valence-electron chi connectivity index (χ4n) is 3.07. The highest BCUT2D eigenvalue weighted by molar-refractivity contribution is 6.09. The maximum Gasteiger partial charge on any atom is 0.424 e. The van der Waals surface area contributed by atoms with Crippen molar-refractivity contribution < 1.29 is 23.8 Å². The minimum absolute atomic E-state index is 0.0150. The number of carbonyl (C=O) groups is 2. The quantitative estimate of drug-likeness (QED) is 0.327. The van der Waals surface area contributed by atoms with Gasteiger partial charge in [0.05, 0.1) is 11.9 Å². The number of aromatic nitrogens is 2. The molecule has 0 bridgehead atoms. The topological polar surface area (TPSA) is 111 Å². The Morgan fingerprint density at radius 1 is 0.757 bits per heavy atom. The summed E-state index contributed by atoms with van der Waals surface area (Å²) in [4.78, 5) is 38.0. The van der Waals surface area contributed by atoms with E-state index in [0.717, 1.165) is 16.0 Å². The highest BCUT2D eigenvalue weighted by atomic mass is 16.6. The zero-order valence-corrected chi connectivity index (χ0v) is 20.5. The maximum absolute atomic E-state index is 12.9. The van der Waals surface area contributed by atoms with Gasteiger partial charge in [0.25, 0.3) is 5.56 Å². The second-order valence-electron chi connectivity index (χ2n) is 7.29. The van der Waals surface area contributed by atoms with Gasteiger partial charge in [0, 0.05) is 6.07 Å². The minimum atomic E-state index is -0.889. The van der Waals surface area contributed by atoms with Crippen LogP contribution in [0, 0.1) is 0 Å². The van der Waals surface area contributed by atoms with E-state index < -0.39 is 17.7 Å². The lowest BCUT2D eigenvalue weighted by Crippen LogP contribution is -2.37. The number of aromatic amines is 1. The molecule has 0 radical (unpaired) electrons. The minimum Gasteiger partial charge on any atom is -0.455 e. The fraction of sp³-hybridized carbons (Fsp3) is 0.143. The second kappa shape index (κ2) is 13.8. The summed E-state index contributed by atoms with van der Waals surface area (Å²) in [6.07, 6.45) is -0.428. The molecule has 2 amide bonds. The Morgan fingerprint density at radius 3 is 1.76 bits per heavy atom. The summed E-state index contributed by atoms with van der Waals surface area (Å²) in [5, 5.41) is 5.93. The fourth-order valence-corrected chi connectivity index (χ4v) is 3.07. The van der Waals surface area contributed by atoms with Crippen LogP contribution in [0.5, 0.6) is 11.5 Å². The van der Waals surface area contributed by atoms with E-state index in [1.807, 2.05) is 50.2 Å². The summed E-state index contributed by atoms with van der Waals surface area (Å²) >= 11 is 0.